The Labute approximate surface area is 253 Å². The number of carboxylic acid groups (broad SMARTS) is 1. The molecule has 42 heavy (non-hydrogen) atoms. The van der Waals surface area contributed by atoms with Gasteiger partial charge >= 0.3 is 5.97 Å². The number of pyridine rings is 1. The van der Waals surface area contributed by atoms with Crippen molar-refractivity contribution in [3.05, 3.63) is 75.3 Å². The number of nitrogens with zero attached hydrogens (tertiary/aromatic N) is 5. The average Bonchev–Trinajstić information content (AvgIpc) is 3.56. The van der Waals surface area contributed by atoms with Gasteiger partial charge < -0.3 is 9.84 Å². The van der Waals surface area contributed by atoms with Crippen molar-refractivity contribution in [2.24, 2.45) is 7.05 Å². The second-order valence-electron chi connectivity index (χ2n) is 10.5. The Kier molecular flexibility index (Phi) is 7.62. The summed E-state index contributed by atoms with van der Waals surface area (Å²) in [6, 6.07) is 11.4. The molecule has 0 unspecified atom stereocenters. The molecule has 0 aliphatic carbocycles. The summed E-state index contributed by atoms with van der Waals surface area (Å²) in [5.41, 5.74) is 5.03. The number of halogens is 1. The number of carbonyl (C=O) groups is 1. The molecule has 0 spiro atoms. The monoisotopic (exact) mass is 627 g/mol. The highest BCUT2D eigenvalue weighted by atomic mass is 35.5. The largest absolute Gasteiger partial charge is 0.481 e. The first kappa shape index (κ1) is 28.8. The minimum absolute atomic E-state index is 0.121. The van der Waals surface area contributed by atoms with Crippen LogP contribution in [0.5, 0.6) is 5.88 Å². The van der Waals surface area contributed by atoms with Crippen LogP contribution >= 0.6 is 33.7 Å². The topological polar surface area (TPSA) is 134 Å². The van der Waals surface area contributed by atoms with Gasteiger partial charge in [0.2, 0.25) is 5.88 Å². The summed E-state index contributed by atoms with van der Waals surface area (Å²) < 4.78 is 33.6. The molecule has 0 fully saturated rings. The van der Waals surface area contributed by atoms with Crippen LogP contribution in [-0.4, -0.2) is 57.1 Å². The number of benzene rings is 2. The molecule has 0 amide bonds. The van der Waals surface area contributed by atoms with Crippen LogP contribution in [0.25, 0.3) is 21.1 Å². The first-order valence-corrected chi connectivity index (χ1v) is 16.2. The van der Waals surface area contributed by atoms with Crippen molar-refractivity contribution in [2.45, 2.75) is 50.2 Å². The van der Waals surface area contributed by atoms with E-state index in [1.54, 1.807) is 20.3 Å². The smallest absolute Gasteiger partial charge is 0.304 e. The standard InChI is InChI=1S/C29H30ClN5O5S2/c1-4-21-15-35(42(38,39)25-11-20(30)13-31-29(25)40-21)14-19-10-18(9-17-7-8-41-28(17)19)23(12-26(36)37)22-5-6-24-27(16(22)2)32-33-34(24)3/h5-11,13,21,23,38-39H,4,12,14-15H2,1-3H3,(H,36,37)/t21-,23+/m1/s1. The molecule has 3 aromatic heterocycles. The van der Waals surface area contributed by atoms with Gasteiger partial charge in [-0.3, -0.25) is 13.9 Å². The van der Waals surface area contributed by atoms with Crippen LogP contribution in [-0.2, 0) is 18.4 Å². The number of carboxylic acids is 1. The van der Waals surface area contributed by atoms with Crippen molar-refractivity contribution in [2.75, 3.05) is 6.54 Å². The molecule has 5 aromatic rings. The van der Waals surface area contributed by atoms with Crippen molar-refractivity contribution < 1.29 is 23.7 Å². The highest BCUT2D eigenvalue weighted by molar-refractivity contribution is 8.22. The summed E-state index contributed by atoms with van der Waals surface area (Å²) in [6.45, 7) is 4.37. The van der Waals surface area contributed by atoms with Crippen molar-refractivity contribution in [1.29, 1.82) is 0 Å². The van der Waals surface area contributed by atoms with Gasteiger partial charge in [-0.2, -0.15) is 4.31 Å². The third kappa shape index (κ3) is 5.12. The number of aliphatic carboxylic acids is 1. The summed E-state index contributed by atoms with van der Waals surface area (Å²) in [4.78, 5) is 16.6. The first-order chi connectivity index (χ1) is 20.1. The Morgan fingerprint density at radius 3 is 2.83 bits per heavy atom. The molecule has 3 N–H and O–H groups in total. The molecule has 0 saturated carbocycles. The fourth-order valence-electron chi connectivity index (χ4n) is 5.62. The number of fused-ring (bicyclic) bond motifs is 3. The van der Waals surface area contributed by atoms with Gasteiger partial charge in [0.05, 0.1) is 23.5 Å². The van der Waals surface area contributed by atoms with Gasteiger partial charge in [0.25, 0.3) is 0 Å². The van der Waals surface area contributed by atoms with Crippen molar-refractivity contribution >= 4 is 60.8 Å². The van der Waals surface area contributed by atoms with E-state index in [2.05, 4.69) is 15.3 Å². The van der Waals surface area contributed by atoms with E-state index in [-0.39, 0.29) is 41.4 Å². The summed E-state index contributed by atoms with van der Waals surface area (Å²) in [6.07, 6.45) is 1.62. The van der Waals surface area contributed by atoms with Crippen LogP contribution in [0.15, 0.2) is 52.9 Å². The van der Waals surface area contributed by atoms with E-state index in [4.69, 9.17) is 16.3 Å². The zero-order chi connectivity index (χ0) is 29.8. The molecule has 6 rings (SSSR count). The van der Waals surface area contributed by atoms with Crippen LogP contribution in [0.4, 0.5) is 0 Å². The Bertz CT molecular complexity index is 1820. The second kappa shape index (κ2) is 11.1. The third-order valence-electron chi connectivity index (χ3n) is 7.81. The number of hydrogen-bond acceptors (Lipinski definition) is 9. The summed E-state index contributed by atoms with van der Waals surface area (Å²) in [5.74, 6) is -1.21. The summed E-state index contributed by atoms with van der Waals surface area (Å²) in [5, 5.41) is 21.6. The van der Waals surface area contributed by atoms with E-state index in [0.29, 0.717) is 6.42 Å². The lowest BCUT2D eigenvalue weighted by molar-refractivity contribution is -0.137. The van der Waals surface area contributed by atoms with Crippen LogP contribution in [0.2, 0.25) is 5.02 Å². The van der Waals surface area contributed by atoms with Crippen molar-refractivity contribution in [1.82, 2.24) is 24.3 Å². The van der Waals surface area contributed by atoms with E-state index in [9.17, 15) is 19.0 Å². The summed E-state index contributed by atoms with van der Waals surface area (Å²) >= 11 is 7.76. The van der Waals surface area contributed by atoms with Crippen LogP contribution < -0.4 is 4.74 Å². The number of thiophene rings is 1. The van der Waals surface area contributed by atoms with Gasteiger partial charge in [-0.15, -0.1) is 27.2 Å². The van der Waals surface area contributed by atoms with Gasteiger partial charge in [-0.05, 0) is 70.6 Å². The zero-order valence-corrected chi connectivity index (χ0v) is 25.6. The lowest BCUT2D eigenvalue weighted by atomic mass is 9.84. The van der Waals surface area contributed by atoms with Gasteiger partial charge in [0, 0.05) is 30.4 Å². The molecule has 0 bridgehead atoms. The minimum atomic E-state index is -3.51. The maximum Gasteiger partial charge on any atom is 0.304 e. The van der Waals surface area contributed by atoms with Crippen molar-refractivity contribution in [3.63, 3.8) is 0 Å². The maximum absolute atomic E-state index is 12.2. The number of hydrogen-bond donors (Lipinski definition) is 3. The third-order valence-corrected chi connectivity index (χ3v) is 10.9. The zero-order valence-electron chi connectivity index (χ0n) is 23.2. The van der Waals surface area contributed by atoms with E-state index in [1.165, 1.54) is 12.3 Å². The van der Waals surface area contributed by atoms with Gasteiger partial charge in [0.1, 0.15) is 16.5 Å². The lowest BCUT2D eigenvalue weighted by Gasteiger charge is -2.41. The maximum atomic E-state index is 12.2. The number of aromatic nitrogens is 4. The van der Waals surface area contributed by atoms with Gasteiger partial charge in [-0.25, -0.2) is 9.67 Å². The predicted molar refractivity (Wildman–Crippen MR) is 165 cm³/mol. The predicted octanol–water partition coefficient (Wildman–Crippen LogP) is 6.84. The highest BCUT2D eigenvalue weighted by Gasteiger charge is 2.36. The van der Waals surface area contributed by atoms with E-state index in [0.717, 1.165) is 43.4 Å². The molecule has 10 nitrogen and oxygen atoms in total. The average molecular weight is 628 g/mol. The molecule has 0 radical (unpaired) electrons. The van der Waals surface area contributed by atoms with E-state index in [1.807, 2.05) is 56.6 Å². The molecule has 220 valence electrons. The molecule has 2 atom stereocenters. The second-order valence-corrected chi connectivity index (χ2v) is 13.8. The normalized spacial score (nSPS) is 18.4. The fourth-order valence-corrected chi connectivity index (χ4v) is 8.33. The Balaban J connectivity index is 1.46. The number of aryl methyl sites for hydroxylation is 2. The first-order valence-electron chi connectivity index (χ1n) is 13.4. The molecule has 1 aliphatic rings. The highest BCUT2D eigenvalue weighted by Crippen LogP contribution is 2.57. The number of rotatable bonds is 7. The van der Waals surface area contributed by atoms with Crippen LogP contribution in [0.1, 0.15) is 47.9 Å². The Morgan fingerprint density at radius 2 is 2.07 bits per heavy atom. The number of ether oxygens (including phenoxy) is 1. The molecule has 2 aromatic carbocycles. The molecule has 13 heteroatoms. The Hall–Kier alpha value is -3.26. The quantitative estimate of drug-likeness (QED) is 0.177. The molecule has 1 aliphatic heterocycles. The molecular formula is C29H30ClN5O5S2. The van der Waals surface area contributed by atoms with Gasteiger partial charge in [-0.1, -0.05) is 35.9 Å². The van der Waals surface area contributed by atoms with E-state index < -0.39 is 22.7 Å². The van der Waals surface area contributed by atoms with Crippen LogP contribution in [0, 0.1) is 6.92 Å². The molecular weight excluding hydrogens is 598 g/mol. The minimum Gasteiger partial charge on any atom is -0.481 e. The van der Waals surface area contributed by atoms with Gasteiger partial charge in [0.15, 0.2) is 0 Å². The molecule has 4 heterocycles. The van der Waals surface area contributed by atoms with Crippen LogP contribution in [0.3, 0.4) is 0 Å². The molecule has 0 saturated heterocycles. The van der Waals surface area contributed by atoms with Crippen molar-refractivity contribution in [3.8, 4) is 5.88 Å². The van der Waals surface area contributed by atoms with E-state index >= 15 is 0 Å². The lowest BCUT2D eigenvalue weighted by Crippen LogP contribution is -2.34. The summed E-state index contributed by atoms with van der Waals surface area (Å²) in [7, 11) is -1.69. The Morgan fingerprint density at radius 1 is 1.26 bits per heavy atom. The SMILES string of the molecule is CC[C@@H]1CN(Cc2cc([C@H](CC(=O)O)c3ccc4c(nnn4C)c3C)cc3ccsc23)S(O)(O)c2cc(Cl)cnc2O1. The fraction of sp³-hybridized carbons (Fsp3) is 0.310.